The Labute approximate surface area is 256 Å². The van der Waals surface area contributed by atoms with Gasteiger partial charge in [-0.2, -0.15) is 18.3 Å². The SMILES string of the molecule is CCc1cc(OC(C)C)c(F)c(C(Nc2ccc3c(N)nccc3c2)c2nc(-c3ccccc3)nn2C)c1.O=C(O)C(F)(F)F. The number of carbonyl (C=O) groups is 1. The molecule has 13 heteroatoms. The number of nitrogens with one attached hydrogen (secondary N) is 1. The summed E-state index contributed by atoms with van der Waals surface area (Å²) in [6.45, 7) is 5.81. The number of rotatable bonds is 8. The van der Waals surface area contributed by atoms with E-state index in [9.17, 15) is 13.2 Å². The molecule has 4 N–H and O–H groups in total. The Morgan fingerprint density at radius 2 is 1.78 bits per heavy atom. The number of fused-ring (bicyclic) bond motifs is 1. The quantitative estimate of drug-likeness (QED) is 0.159. The second kappa shape index (κ2) is 13.6. The zero-order chi connectivity index (χ0) is 32.9. The van der Waals surface area contributed by atoms with Crippen molar-refractivity contribution in [3.63, 3.8) is 0 Å². The van der Waals surface area contributed by atoms with E-state index in [1.807, 2.05) is 88.5 Å². The summed E-state index contributed by atoms with van der Waals surface area (Å²) in [7, 11) is 1.82. The summed E-state index contributed by atoms with van der Waals surface area (Å²) in [5.74, 6) is -1.36. The number of nitrogens with zero attached hydrogens (tertiary/aromatic N) is 4. The van der Waals surface area contributed by atoms with E-state index in [4.69, 9.17) is 25.4 Å². The lowest BCUT2D eigenvalue weighted by Crippen LogP contribution is -2.21. The van der Waals surface area contributed by atoms with Crippen LogP contribution < -0.4 is 15.8 Å². The van der Waals surface area contributed by atoms with Gasteiger partial charge < -0.3 is 20.9 Å². The normalized spacial score (nSPS) is 12.0. The molecular formula is C32H32F4N6O3. The molecular weight excluding hydrogens is 592 g/mol. The number of aryl methyl sites for hydroxylation is 2. The number of alkyl halides is 3. The number of hydrogen-bond donors (Lipinski definition) is 3. The molecule has 0 fully saturated rings. The summed E-state index contributed by atoms with van der Waals surface area (Å²) < 4.78 is 55.4. The van der Waals surface area contributed by atoms with E-state index >= 15 is 4.39 Å². The molecule has 9 nitrogen and oxygen atoms in total. The molecule has 45 heavy (non-hydrogen) atoms. The van der Waals surface area contributed by atoms with Crippen LogP contribution in [0, 0.1) is 5.82 Å². The molecule has 0 aliphatic rings. The number of nitrogens with two attached hydrogens (primary N) is 1. The van der Waals surface area contributed by atoms with Crippen molar-refractivity contribution in [1.29, 1.82) is 0 Å². The van der Waals surface area contributed by atoms with Crippen LogP contribution in [0.15, 0.2) is 72.9 Å². The minimum absolute atomic E-state index is 0.171. The molecule has 2 heterocycles. The number of carboxylic acids is 1. The van der Waals surface area contributed by atoms with Crippen LogP contribution in [0.3, 0.4) is 0 Å². The van der Waals surface area contributed by atoms with E-state index in [1.54, 1.807) is 16.9 Å². The maximum Gasteiger partial charge on any atom is 0.490 e. The third-order valence-electron chi connectivity index (χ3n) is 6.64. The number of aliphatic carboxylic acids is 1. The molecule has 0 bridgehead atoms. The first-order valence-corrected chi connectivity index (χ1v) is 13.9. The number of ether oxygens (including phenoxy) is 1. The Hall–Kier alpha value is -5.20. The number of carboxylic acid groups (broad SMARTS) is 1. The van der Waals surface area contributed by atoms with Crippen LogP contribution >= 0.6 is 0 Å². The Kier molecular flexibility index (Phi) is 9.90. The van der Waals surface area contributed by atoms with E-state index in [2.05, 4.69) is 15.4 Å². The molecule has 0 saturated heterocycles. The van der Waals surface area contributed by atoms with Gasteiger partial charge in [0.15, 0.2) is 23.2 Å². The van der Waals surface area contributed by atoms with Crippen molar-refractivity contribution in [1.82, 2.24) is 19.7 Å². The number of benzene rings is 3. The minimum atomic E-state index is -5.08. The third kappa shape index (κ3) is 7.85. The first-order valence-electron chi connectivity index (χ1n) is 13.9. The molecule has 5 aromatic rings. The Morgan fingerprint density at radius 3 is 2.40 bits per heavy atom. The van der Waals surface area contributed by atoms with Crippen LogP contribution in [0.1, 0.15) is 43.8 Å². The average molecular weight is 625 g/mol. The molecule has 0 radical (unpaired) electrons. The summed E-state index contributed by atoms with van der Waals surface area (Å²) in [5.41, 5.74) is 9.12. The van der Waals surface area contributed by atoms with Crippen molar-refractivity contribution in [2.75, 3.05) is 11.1 Å². The van der Waals surface area contributed by atoms with Gasteiger partial charge in [0.1, 0.15) is 11.9 Å². The fourth-order valence-electron chi connectivity index (χ4n) is 4.53. The van der Waals surface area contributed by atoms with Gasteiger partial charge in [0.2, 0.25) is 0 Å². The molecule has 1 atom stereocenters. The average Bonchev–Trinajstić information content (AvgIpc) is 3.38. The second-order valence-electron chi connectivity index (χ2n) is 10.3. The van der Waals surface area contributed by atoms with Gasteiger partial charge in [0.05, 0.1) is 6.10 Å². The lowest BCUT2D eigenvalue weighted by atomic mass is 9.99. The molecule has 0 aliphatic carbocycles. The monoisotopic (exact) mass is 624 g/mol. The van der Waals surface area contributed by atoms with Crippen molar-refractivity contribution in [2.45, 2.75) is 45.5 Å². The highest BCUT2D eigenvalue weighted by atomic mass is 19.4. The smallest absolute Gasteiger partial charge is 0.488 e. The highest BCUT2D eigenvalue weighted by molar-refractivity contribution is 5.93. The fraction of sp³-hybridized carbons (Fsp3) is 0.250. The van der Waals surface area contributed by atoms with Gasteiger partial charge in [-0.25, -0.2) is 19.2 Å². The zero-order valence-electron chi connectivity index (χ0n) is 24.9. The number of anilines is 2. The number of hydrogen-bond acceptors (Lipinski definition) is 7. The maximum atomic E-state index is 16.1. The summed E-state index contributed by atoms with van der Waals surface area (Å²) in [4.78, 5) is 17.9. The summed E-state index contributed by atoms with van der Waals surface area (Å²) in [5, 5.41) is 17.1. The Morgan fingerprint density at radius 1 is 1.09 bits per heavy atom. The van der Waals surface area contributed by atoms with Gasteiger partial charge in [-0.15, -0.1) is 0 Å². The van der Waals surface area contributed by atoms with Gasteiger partial charge in [-0.05, 0) is 61.5 Å². The van der Waals surface area contributed by atoms with E-state index in [-0.39, 0.29) is 11.9 Å². The molecule has 236 valence electrons. The van der Waals surface area contributed by atoms with E-state index in [0.29, 0.717) is 23.0 Å². The number of nitrogen functional groups attached to an aromatic ring is 1. The lowest BCUT2D eigenvalue weighted by molar-refractivity contribution is -0.192. The van der Waals surface area contributed by atoms with Crippen LogP contribution in [0.4, 0.5) is 29.1 Å². The molecule has 0 saturated carbocycles. The van der Waals surface area contributed by atoms with Crippen LogP contribution in [0.2, 0.25) is 0 Å². The number of pyridine rings is 1. The second-order valence-corrected chi connectivity index (χ2v) is 10.3. The van der Waals surface area contributed by atoms with E-state index in [1.165, 1.54) is 0 Å². The summed E-state index contributed by atoms with van der Waals surface area (Å²) in [6, 6.07) is 20.4. The molecule has 3 aromatic carbocycles. The third-order valence-corrected chi connectivity index (χ3v) is 6.64. The summed E-state index contributed by atoms with van der Waals surface area (Å²) >= 11 is 0. The molecule has 1 unspecified atom stereocenters. The molecule has 5 rings (SSSR count). The van der Waals surface area contributed by atoms with Crippen LogP contribution in [-0.4, -0.2) is 43.1 Å². The first kappa shape index (κ1) is 32.7. The van der Waals surface area contributed by atoms with Crippen LogP contribution in [-0.2, 0) is 18.3 Å². The standard InChI is InChI=1S/C30H31FN6O.C2HF3O2/c1-5-19-15-24(26(31)25(16-19)38-18(2)3)27(30-35-29(36-37(30)4)20-9-7-6-8-10-20)34-22-11-12-23-21(17-22)13-14-33-28(23)32;3-2(4,5)1(6)7/h6-18,27,34H,5H2,1-4H3,(H2,32,33);(H,6,7). The largest absolute Gasteiger partial charge is 0.490 e. The Balaban J connectivity index is 0.000000591. The lowest BCUT2D eigenvalue weighted by Gasteiger charge is -2.23. The topological polar surface area (TPSA) is 128 Å². The number of aromatic nitrogens is 4. The van der Waals surface area contributed by atoms with Gasteiger partial charge in [-0.3, -0.25) is 4.68 Å². The predicted molar refractivity (Wildman–Crippen MR) is 163 cm³/mol. The van der Waals surface area contributed by atoms with Crippen LogP contribution in [0.5, 0.6) is 5.75 Å². The fourth-order valence-corrected chi connectivity index (χ4v) is 4.53. The Bertz CT molecular complexity index is 1790. The predicted octanol–water partition coefficient (Wildman–Crippen LogP) is 6.94. The van der Waals surface area contributed by atoms with Crippen molar-refractivity contribution in [3.8, 4) is 17.1 Å². The summed E-state index contributed by atoms with van der Waals surface area (Å²) in [6.07, 6.45) is -2.85. The van der Waals surface area contributed by atoms with Gasteiger partial charge in [0, 0.05) is 35.4 Å². The van der Waals surface area contributed by atoms with Gasteiger partial charge >= 0.3 is 12.1 Å². The van der Waals surface area contributed by atoms with Gasteiger partial charge in [-0.1, -0.05) is 43.3 Å². The van der Waals surface area contributed by atoms with E-state index < -0.39 is 24.0 Å². The van der Waals surface area contributed by atoms with E-state index in [0.717, 1.165) is 34.0 Å². The molecule has 0 spiro atoms. The zero-order valence-corrected chi connectivity index (χ0v) is 24.9. The first-order chi connectivity index (χ1) is 21.3. The molecule has 2 aromatic heterocycles. The van der Waals surface area contributed by atoms with Gasteiger partial charge in [0.25, 0.3) is 0 Å². The highest BCUT2D eigenvalue weighted by Crippen LogP contribution is 2.35. The van der Waals surface area contributed by atoms with Crippen molar-refractivity contribution >= 4 is 28.2 Å². The van der Waals surface area contributed by atoms with Crippen LogP contribution in [0.25, 0.3) is 22.2 Å². The van der Waals surface area contributed by atoms with Crippen molar-refractivity contribution in [3.05, 3.63) is 95.7 Å². The maximum absolute atomic E-state index is 16.1. The van der Waals surface area contributed by atoms with Crippen molar-refractivity contribution in [2.24, 2.45) is 7.05 Å². The number of halogens is 4. The van der Waals surface area contributed by atoms with Crippen molar-refractivity contribution < 1.29 is 32.2 Å². The molecule has 0 aliphatic heterocycles. The molecule has 0 amide bonds. The minimum Gasteiger partial charge on any atom is -0.488 e. The highest BCUT2D eigenvalue weighted by Gasteiger charge is 2.38.